The Hall–Kier alpha value is -1.69. The molecule has 19 heavy (non-hydrogen) atoms. The lowest BCUT2D eigenvalue weighted by Gasteiger charge is -2.22. The fourth-order valence-corrected chi connectivity index (χ4v) is 3.53. The van der Waals surface area contributed by atoms with Gasteiger partial charge in [0.2, 0.25) is 5.13 Å². The maximum atomic E-state index is 11.0. The third-order valence-corrected chi connectivity index (χ3v) is 4.35. The Labute approximate surface area is 114 Å². The zero-order valence-corrected chi connectivity index (χ0v) is 11.5. The van der Waals surface area contributed by atoms with Crippen molar-refractivity contribution in [3.63, 3.8) is 0 Å². The minimum atomic E-state index is -0.737. The second-order valence-corrected chi connectivity index (χ2v) is 5.73. The van der Waals surface area contributed by atoms with Crippen LogP contribution in [-0.2, 0) is 11.2 Å². The van der Waals surface area contributed by atoms with Crippen LogP contribution in [0.3, 0.4) is 0 Å². The molecule has 0 amide bonds. The number of fused-ring (bicyclic) bond motifs is 1. The lowest BCUT2D eigenvalue weighted by molar-refractivity contribution is -0.137. The molecule has 1 unspecified atom stereocenters. The van der Waals surface area contributed by atoms with Gasteiger partial charge in [-0.25, -0.2) is 9.67 Å². The molecule has 2 heterocycles. The van der Waals surface area contributed by atoms with E-state index in [1.807, 2.05) is 17.0 Å². The van der Waals surface area contributed by atoms with Gasteiger partial charge in [0.25, 0.3) is 0 Å². The summed E-state index contributed by atoms with van der Waals surface area (Å²) >= 11 is 1.55. The third kappa shape index (κ3) is 2.16. The van der Waals surface area contributed by atoms with Gasteiger partial charge in [0, 0.05) is 17.1 Å². The van der Waals surface area contributed by atoms with Crippen LogP contribution >= 0.6 is 11.3 Å². The van der Waals surface area contributed by atoms with Gasteiger partial charge in [-0.2, -0.15) is 5.10 Å². The Morgan fingerprint density at radius 1 is 1.63 bits per heavy atom. The van der Waals surface area contributed by atoms with Gasteiger partial charge in [-0.3, -0.25) is 4.79 Å². The lowest BCUT2D eigenvalue weighted by Crippen LogP contribution is -2.15. The van der Waals surface area contributed by atoms with Crippen molar-refractivity contribution in [3.05, 3.63) is 28.5 Å². The Balaban J connectivity index is 2.06. The SMILES string of the molecule is Cc1nn(-c2nccs2)c2c1C(CC(=O)O)CCC2. The van der Waals surface area contributed by atoms with E-state index in [-0.39, 0.29) is 12.3 Å². The molecule has 2 aromatic rings. The van der Waals surface area contributed by atoms with Crippen LogP contribution in [0.4, 0.5) is 0 Å². The average Bonchev–Trinajstić information content (AvgIpc) is 2.97. The molecule has 0 aliphatic heterocycles. The van der Waals surface area contributed by atoms with E-state index in [1.54, 1.807) is 17.5 Å². The summed E-state index contributed by atoms with van der Waals surface area (Å²) in [5.74, 6) is -0.644. The second kappa shape index (κ2) is 4.77. The monoisotopic (exact) mass is 277 g/mol. The van der Waals surface area contributed by atoms with Crippen LogP contribution in [0.1, 0.15) is 42.1 Å². The molecule has 1 atom stereocenters. The number of hydrogen-bond acceptors (Lipinski definition) is 4. The normalized spacial score (nSPS) is 18.3. The number of hydrogen-bond donors (Lipinski definition) is 1. The van der Waals surface area contributed by atoms with Crippen molar-refractivity contribution in [2.45, 2.75) is 38.5 Å². The summed E-state index contributed by atoms with van der Waals surface area (Å²) in [6, 6.07) is 0. The van der Waals surface area contributed by atoms with E-state index in [2.05, 4.69) is 10.1 Å². The van der Waals surface area contributed by atoms with E-state index in [0.717, 1.165) is 41.3 Å². The minimum Gasteiger partial charge on any atom is -0.481 e. The number of carboxylic acid groups (broad SMARTS) is 1. The van der Waals surface area contributed by atoms with Crippen LogP contribution in [0.25, 0.3) is 5.13 Å². The van der Waals surface area contributed by atoms with Crippen LogP contribution < -0.4 is 0 Å². The maximum Gasteiger partial charge on any atom is 0.303 e. The molecule has 0 saturated carbocycles. The third-order valence-electron chi connectivity index (χ3n) is 3.60. The molecule has 0 radical (unpaired) electrons. The highest BCUT2D eigenvalue weighted by atomic mass is 32.1. The molecule has 0 spiro atoms. The van der Waals surface area contributed by atoms with Gasteiger partial charge in [-0.1, -0.05) is 0 Å². The van der Waals surface area contributed by atoms with Gasteiger partial charge in [-0.15, -0.1) is 11.3 Å². The van der Waals surface area contributed by atoms with Gasteiger partial charge in [0.15, 0.2) is 0 Å². The van der Waals surface area contributed by atoms with E-state index in [4.69, 9.17) is 5.11 Å². The van der Waals surface area contributed by atoms with E-state index >= 15 is 0 Å². The van der Waals surface area contributed by atoms with Gasteiger partial charge in [-0.05, 0) is 32.1 Å². The number of nitrogens with zero attached hydrogens (tertiary/aromatic N) is 3. The molecule has 1 aliphatic rings. The fourth-order valence-electron chi connectivity index (χ4n) is 2.91. The molecular formula is C13H15N3O2S. The van der Waals surface area contributed by atoms with E-state index < -0.39 is 5.97 Å². The Morgan fingerprint density at radius 3 is 3.16 bits per heavy atom. The lowest BCUT2D eigenvalue weighted by atomic mass is 9.83. The topological polar surface area (TPSA) is 68.0 Å². The number of aromatic nitrogens is 3. The molecule has 2 aromatic heterocycles. The van der Waals surface area contributed by atoms with Crippen molar-refractivity contribution >= 4 is 17.3 Å². The standard InChI is InChI=1S/C13H15N3O2S/c1-8-12-9(7-11(17)18)3-2-4-10(12)16(15-8)13-14-5-6-19-13/h5-6,9H,2-4,7H2,1H3,(H,17,18). The second-order valence-electron chi connectivity index (χ2n) is 4.86. The van der Waals surface area contributed by atoms with Crippen LogP contribution in [-0.4, -0.2) is 25.8 Å². The van der Waals surface area contributed by atoms with Crippen LogP contribution in [0.5, 0.6) is 0 Å². The van der Waals surface area contributed by atoms with Gasteiger partial charge in [0.05, 0.1) is 17.8 Å². The number of carboxylic acids is 1. The van der Waals surface area contributed by atoms with Gasteiger partial charge in [0.1, 0.15) is 0 Å². The van der Waals surface area contributed by atoms with Crippen molar-refractivity contribution in [2.24, 2.45) is 0 Å². The number of rotatable bonds is 3. The predicted octanol–water partition coefficient (Wildman–Crippen LogP) is 2.53. The first-order valence-electron chi connectivity index (χ1n) is 6.37. The Kier molecular flexibility index (Phi) is 3.10. The highest BCUT2D eigenvalue weighted by molar-refractivity contribution is 7.12. The molecule has 100 valence electrons. The fraction of sp³-hybridized carbons (Fsp3) is 0.462. The molecule has 3 rings (SSSR count). The minimum absolute atomic E-state index is 0.0926. The number of aryl methyl sites for hydroxylation is 1. The van der Waals surface area contributed by atoms with Crippen molar-refractivity contribution in [2.75, 3.05) is 0 Å². The van der Waals surface area contributed by atoms with Crippen molar-refractivity contribution in [1.29, 1.82) is 0 Å². The summed E-state index contributed by atoms with van der Waals surface area (Å²) in [5.41, 5.74) is 3.21. The van der Waals surface area contributed by atoms with Crippen molar-refractivity contribution in [1.82, 2.24) is 14.8 Å². The van der Waals surface area contributed by atoms with Crippen molar-refractivity contribution in [3.8, 4) is 5.13 Å². The first kappa shape index (κ1) is 12.3. The summed E-state index contributed by atoms with van der Waals surface area (Å²) < 4.78 is 1.89. The van der Waals surface area contributed by atoms with Gasteiger partial charge < -0.3 is 5.11 Å². The molecule has 0 aromatic carbocycles. The number of carbonyl (C=O) groups is 1. The van der Waals surface area contributed by atoms with E-state index in [0.29, 0.717) is 0 Å². The summed E-state index contributed by atoms with van der Waals surface area (Å²) in [6.45, 7) is 1.96. The molecule has 1 N–H and O–H groups in total. The highest BCUT2D eigenvalue weighted by Gasteiger charge is 2.29. The molecule has 0 saturated heterocycles. The van der Waals surface area contributed by atoms with Crippen LogP contribution in [0.2, 0.25) is 0 Å². The summed E-state index contributed by atoms with van der Waals surface area (Å²) in [6.07, 6.45) is 4.86. The first-order valence-corrected chi connectivity index (χ1v) is 7.25. The smallest absolute Gasteiger partial charge is 0.303 e. The molecule has 0 bridgehead atoms. The zero-order valence-electron chi connectivity index (χ0n) is 10.7. The molecule has 6 heteroatoms. The zero-order chi connectivity index (χ0) is 13.4. The predicted molar refractivity (Wildman–Crippen MR) is 71.9 cm³/mol. The van der Waals surface area contributed by atoms with Crippen LogP contribution in [0.15, 0.2) is 11.6 Å². The molecular weight excluding hydrogens is 262 g/mol. The van der Waals surface area contributed by atoms with Gasteiger partial charge >= 0.3 is 5.97 Å². The summed E-state index contributed by atoms with van der Waals surface area (Å²) in [5, 5.41) is 16.4. The Bertz CT molecular complexity index is 604. The molecule has 0 fully saturated rings. The van der Waals surface area contributed by atoms with Crippen molar-refractivity contribution < 1.29 is 9.90 Å². The quantitative estimate of drug-likeness (QED) is 0.936. The Morgan fingerprint density at radius 2 is 2.47 bits per heavy atom. The molecule has 5 nitrogen and oxygen atoms in total. The number of aliphatic carboxylic acids is 1. The highest BCUT2D eigenvalue weighted by Crippen LogP contribution is 2.37. The molecule has 1 aliphatic carbocycles. The van der Waals surface area contributed by atoms with E-state index in [9.17, 15) is 4.79 Å². The summed E-state index contributed by atoms with van der Waals surface area (Å²) in [7, 11) is 0. The first-order chi connectivity index (χ1) is 9.16. The van der Waals surface area contributed by atoms with Crippen LogP contribution in [0, 0.1) is 6.92 Å². The largest absolute Gasteiger partial charge is 0.481 e. The van der Waals surface area contributed by atoms with E-state index in [1.165, 1.54) is 0 Å². The average molecular weight is 277 g/mol. The number of thiazole rings is 1. The maximum absolute atomic E-state index is 11.0. The summed E-state index contributed by atoms with van der Waals surface area (Å²) in [4.78, 5) is 15.3.